The molecule has 4 N–H and O–H groups in total. The zero-order chi connectivity index (χ0) is 28.4. The van der Waals surface area contributed by atoms with Gasteiger partial charge in [0, 0.05) is 6.42 Å². The smallest absolute Gasteiger partial charge is 0.217 e. The van der Waals surface area contributed by atoms with Crippen LogP contribution in [-0.4, -0.2) is 22.4 Å². The first-order valence-electron chi connectivity index (χ1n) is 16.8. The number of hydrogen-bond acceptors (Lipinski definition) is 3. The molecule has 0 atom stereocenters. The number of rotatable bonds is 29. The summed E-state index contributed by atoms with van der Waals surface area (Å²) in [5.74, 6) is -0.164. The summed E-state index contributed by atoms with van der Waals surface area (Å²) in [6, 6.07) is 0. The Morgan fingerprint density at radius 3 is 1.18 bits per heavy atom. The van der Waals surface area contributed by atoms with Crippen LogP contribution in [0.1, 0.15) is 194 Å². The summed E-state index contributed by atoms with van der Waals surface area (Å²) in [7, 11) is 0. The lowest BCUT2D eigenvalue weighted by molar-refractivity contribution is -0.118. The number of aliphatic hydroxyl groups is 2. The van der Waals surface area contributed by atoms with Crippen LogP contribution in [0.15, 0.2) is 12.2 Å². The first-order valence-corrected chi connectivity index (χ1v) is 16.8. The molecule has 0 saturated carbocycles. The number of unbranched alkanes of at least 4 members (excludes halogenated alkanes) is 23. The van der Waals surface area contributed by atoms with Gasteiger partial charge in [-0.25, -0.2) is 0 Å². The van der Waals surface area contributed by atoms with E-state index in [0.717, 1.165) is 25.7 Å². The normalized spacial score (nSPS) is 11.3. The van der Waals surface area contributed by atoms with Crippen LogP contribution in [0.3, 0.4) is 0 Å². The first-order chi connectivity index (χ1) is 18.5. The Balaban J connectivity index is 0. The van der Waals surface area contributed by atoms with E-state index in [4.69, 9.17) is 15.9 Å². The van der Waals surface area contributed by atoms with Crippen LogP contribution in [0.2, 0.25) is 0 Å². The SMILES string of the molecule is CCCCCCCC/C=C\CCCCCCCC(N)=O.CCCCCCCCCCCCCCCC(O)O. The zero-order valence-electron chi connectivity index (χ0n) is 25.9. The summed E-state index contributed by atoms with van der Waals surface area (Å²) in [4.78, 5) is 10.5. The fraction of sp³-hybridized carbons (Fsp3) is 0.912. The van der Waals surface area contributed by atoms with Crippen LogP contribution in [0.25, 0.3) is 0 Å². The third kappa shape index (κ3) is 42.2. The topological polar surface area (TPSA) is 83.6 Å². The lowest BCUT2D eigenvalue weighted by Crippen LogP contribution is -2.09. The summed E-state index contributed by atoms with van der Waals surface area (Å²) < 4.78 is 0. The summed E-state index contributed by atoms with van der Waals surface area (Å²) in [5.41, 5.74) is 5.10. The fourth-order valence-corrected chi connectivity index (χ4v) is 4.71. The third-order valence-electron chi connectivity index (χ3n) is 7.25. The summed E-state index contributed by atoms with van der Waals surface area (Å²) >= 11 is 0. The van der Waals surface area contributed by atoms with Crippen molar-refractivity contribution in [1.82, 2.24) is 0 Å². The fourth-order valence-electron chi connectivity index (χ4n) is 4.71. The van der Waals surface area contributed by atoms with Crippen molar-refractivity contribution in [3.8, 4) is 0 Å². The molecule has 0 radical (unpaired) electrons. The Morgan fingerprint density at radius 2 is 0.842 bits per heavy atom. The summed E-state index contributed by atoms with van der Waals surface area (Å²) in [6.07, 6.45) is 38.6. The van der Waals surface area contributed by atoms with Gasteiger partial charge in [-0.2, -0.15) is 0 Å². The Kier molecular flexibility index (Phi) is 37.3. The van der Waals surface area contributed by atoms with Crippen LogP contribution in [0, 0.1) is 0 Å². The predicted octanol–water partition coefficient (Wildman–Crippen LogP) is 10.3. The van der Waals surface area contributed by atoms with Gasteiger partial charge in [-0.05, 0) is 44.9 Å². The molecule has 38 heavy (non-hydrogen) atoms. The molecular formula is C34H69NO3. The maximum atomic E-state index is 10.5. The molecule has 0 aromatic carbocycles. The second-order valence-electron chi connectivity index (χ2n) is 11.3. The zero-order valence-corrected chi connectivity index (χ0v) is 25.9. The van der Waals surface area contributed by atoms with Crippen LogP contribution in [-0.2, 0) is 4.79 Å². The molecule has 1 amide bonds. The third-order valence-corrected chi connectivity index (χ3v) is 7.25. The Morgan fingerprint density at radius 1 is 0.526 bits per heavy atom. The Hall–Kier alpha value is -0.870. The molecule has 0 aromatic heterocycles. The first kappa shape index (κ1) is 39.3. The number of hydrogen-bond donors (Lipinski definition) is 3. The van der Waals surface area contributed by atoms with E-state index in [1.54, 1.807) is 0 Å². The number of primary amides is 1. The lowest BCUT2D eigenvalue weighted by Gasteiger charge is -2.04. The van der Waals surface area contributed by atoms with Crippen molar-refractivity contribution >= 4 is 5.91 Å². The molecule has 0 fully saturated rings. The van der Waals surface area contributed by atoms with E-state index in [0.29, 0.717) is 12.8 Å². The van der Waals surface area contributed by atoms with Crippen molar-refractivity contribution < 1.29 is 15.0 Å². The number of amides is 1. The van der Waals surface area contributed by atoms with Crippen LogP contribution in [0.4, 0.5) is 0 Å². The van der Waals surface area contributed by atoms with Gasteiger partial charge in [-0.1, -0.05) is 154 Å². The molecule has 0 aliphatic carbocycles. The van der Waals surface area contributed by atoms with Gasteiger partial charge in [0.2, 0.25) is 5.91 Å². The van der Waals surface area contributed by atoms with Crippen molar-refractivity contribution in [3.63, 3.8) is 0 Å². The second kappa shape index (κ2) is 36.1. The van der Waals surface area contributed by atoms with Crippen molar-refractivity contribution in [2.75, 3.05) is 0 Å². The minimum atomic E-state index is -1.10. The highest BCUT2D eigenvalue weighted by atomic mass is 16.5. The van der Waals surface area contributed by atoms with Crippen LogP contribution < -0.4 is 5.73 Å². The minimum absolute atomic E-state index is 0.164. The van der Waals surface area contributed by atoms with Crippen LogP contribution in [0.5, 0.6) is 0 Å². The van der Waals surface area contributed by atoms with E-state index < -0.39 is 6.29 Å². The molecule has 0 rings (SSSR count). The van der Waals surface area contributed by atoms with E-state index in [9.17, 15) is 4.79 Å². The molecule has 0 bridgehead atoms. The lowest BCUT2D eigenvalue weighted by atomic mass is 10.0. The summed E-state index contributed by atoms with van der Waals surface area (Å²) in [6.45, 7) is 4.53. The van der Waals surface area contributed by atoms with E-state index in [1.807, 2.05) is 0 Å². The molecule has 0 heterocycles. The van der Waals surface area contributed by atoms with Gasteiger partial charge >= 0.3 is 0 Å². The number of allylic oxidation sites excluding steroid dienone is 2. The van der Waals surface area contributed by atoms with Crippen LogP contribution >= 0.6 is 0 Å². The van der Waals surface area contributed by atoms with Gasteiger partial charge in [0.25, 0.3) is 0 Å². The Labute approximate surface area is 238 Å². The Bertz CT molecular complexity index is 465. The maximum absolute atomic E-state index is 10.5. The molecule has 0 unspecified atom stereocenters. The second-order valence-corrected chi connectivity index (χ2v) is 11.3. The molecule has 0 aliphatic rings. The molecule has 0 saturated heterocycles. The van der Waals surface area contributed by atoms with E-state index in [2.05, 4.69) is 26.0 Å². The predicted molar refractivity (Wildman–Crippen MR) is 167 cm³/mol. The largest absolute Gasteiger partial charge is 0.370 e. The molecule has 228 valence electrons. The van der Waals surface area contributed by atoms with Crippen molar-refractivity contribution in [1.29, 1.82) is 0 Å². The van der Waals surface area contributed by atoms with Crippen molar-refractivity contribution in [2.45, 2.75) is 200 Å². The molecule has 4 nitrogen and oxygen atoms in total. The quantitative estimate of drug-likeness (QED) is 0.0502. The van der Waals surface area contributed by atoms with Gasteiger partial charge in [0.1, 0.15) is 0 Å². The van der Waals surface area contributed by atoms with E-state index in [1.165, 1.54) is 141 Å². The molecule has 0 aromatic rings. The number of nitrogens with two attached hydrogens (primary N) is 1. The molecule has 0 spiro atoms. The standard InChI is InChI=1S/C18H35NO.C16H34O2/c1-2-3-4-5-6-7-8-9-10-11-12-13-14-15-16-17-18(19)20;1-2-3-4-5-6-7-8-9-10-11-12-13-14-15-16(17)18/h9-10H,2-8,11-17H2,1H3,(H2,19,20);16-18H,2-15H2,1H3/b10-9-;. The molecule has 4 heteroatoms. The average Bonchev–Trinajstić information content (AvgIpc) is 2.89. The average molecular weight is 540 g/mol. The number of carbonyl (C=O) groups is 1. The van der Waals surface area contributed by atoms with Gasteiger partial charge < -0.3 is 15.9 Å². The van der Waals surface area contributed by atoms with E-state index in [-0.39, 0.29) is 5.91 Å². The van der Waals surface area contributed by atoms with Gasteiger partial charge in [-0.3, -0.25) is 4.79 Å². The highest BCUT2D eigenvalue weighted by molar-refractivity contribution is 5.73. The molecular weight excluding hydrogens is 470 g/mol. The van der Waals surface area contributed by atoms with Gasteiger partial charge in [0.05, 0.1) is 0 Å². The highest BCUT2D eigenvalue weighted by Crippen LogP contribution is 2.13. The summed E-state index contributed by atoms with van der Waals surface area (Å²) in [5, 5.41) is 17.4. The van der Waals surface area contributed by atoms with Gasteiger partial charge in [-0.15, -0.1) is 0 Å². The van der Waals surface area contributed by atoms with Crippen molar-refractivity contribution in [3.05, 3.63) is 12.2 Å². The number of aliphatic hydroxyl groups excluding tert-OH is 1. The van der Waals surface area contributed by atoms with Gasteiger partial charge in [0.15, 0.2) is 6.29 Å². The highest BCUT2D eigenvalue weighted by Gasteiger charge is 1.97. The maximum Gasteiger partial charge on any atom is 0.217 e. The minimum Gasteiger partial charge on any atom is -0.370 e. The molecule has 0 aliphatic heterocycles. The number of carbonyl (C=O) groups excluding carboxylic acids is 1. The monoisotopic (exact) mass is 540 g/mol. The van der Waals surface area contributed by atoms with Crippen molar-refractivity contribution in [2.24, 2.45) is 5.73 Å². The van der Waals surface area contributed by atoms with E-state index >= 15 is 0 Å².